The number of aromatic nitrogens is 1. The fraction of sp³-hybridized carbons (Fsp3) is 0.286. The standard InChI is InChI=1S/C14H14ClN3S/c1-14(2,11-4-3-5-19-11)9-17-13-7-10(8-16)6-12(15)18-13/h3-7H,9H2,1-2H3,(H,17,18). The van der Waals surface area contributed by atoms with Crippen LogP contribution in [0, 0.1) is 11.3 Å². The molecule has 2 rings (SSSR count). The van der Waals surface area contributed by atoms with Crippen molar-refractivity contribution in [1.82, 2.24) is 4.98 Å². The van der Waals surface area contributed by atoms with Gasteiger partial charge in [0.05, 0.1) is 11.6 Å². The number of thiophene rings is 1. The van der Waals surface area contributed by atoms with Crippen molar-refractivity contribution < 1.29 is 0 Å². The maximum absolute atomic E-state index is 8.90. The lowest BCUT2D eigenvalue weighted by Crippen LogP contribution is -2.26. The van der Waals surface area contributed by atoms with Gasteiger partial charge in [-0.2, -0.15) is 5.26 Å². The summed E-state index contributed by atoms with van der Waals surface area (Å²) in [7, 11) is 0. The van der Waals surface area contributed by atoms with Crippen LogP contribution in [0.2, 0.25) is 5.15 Å². The molecule has 0 saturated heterocycles. The molecule has 0 aliphatic rings. The van der Waals surface area contributed by atoms with Gasteiger partial charge in [-0.25, -0.2) is 4.98 Å². The molecule has 0 fully saturated rings. The van der Waals surface area contributed by atoms with Gasteiger partial charge in [0.25, 0.3) is 0 Å². The molecule has 0 unspecified atom stereocenters. The molecular weight excluding hydrogens is 278 g/mol. The Bertz CT molecular complexity index is 600. The van der Waals surface area contributed by atoms with Crippen molar-refractivity contribution in [2.75, 3.05) is 11.9 Å². The Hall–Kier alpha value is -1.57. The predicted octanol–water partition coefficient (Wildman–Crippen LogP) is 4.06. The van der Waals surface area contributed by atoms with Gasteiger partial charge in [0, 0.05) is 16.8 Å². The zero-order valence-corrected chi connectivity index (χ0v) is 12.3. The summed E-state index contributed by atoms with van der Waals surface area (Å²) >= 11 is 7.62. The maximum Gasteiger partial charge on any atom is 0.132 e. The second kappa shape index (κ2) is 5.60. The number of hydrogen-bond donors (Lipinski definition) is 1. The number of rotatable bonds is 4. The van der Waals surface area contributed by atoms with Gasteiger partial charge in [-0.3, -0.25) is 0 Å². The second-order valence-corrected chi connectivity index (χ2v) is 6.23. The first-order valence-corrected chi connectivity index (χ1v) is 7.12. The van der Waals surface area contributed by atoms with Crippen LogP contribution < -0.4 is 5.32 Å². The molecule has 98 valence electrons. The number of hydrogen-bond acceptors (Lipinski definition) is 4. The number of pyridine rings is 1. The zero-order chi connectivity index (χ0) is 13.9. The van der Waals surface area contributed by atoms with E-state index in [0.29, 0.717) is 16.5 Å². The molecule has 0 radical (unpaired) electrons. The van der Waals surface area contributed by atoms with E-state index in [0.717, 1.165) is 6.54 Å². The third-order valence-electron chi connectivity index (χ3n) is 2.82. The molecule has 0 saturated carbocycles. The molecule has 1 N–H and O–H groups in total. The minimum absolute atomic E-state index is 0.00493. The zero-order valence-electron chi connectivity index (χ0n) is 10.8. The molecule has 2 aromatic rings. The van der Waals surface area contributed by atoms with Crippen molar-refractivity contribution >= 4 is 28.8 Å². The topological polar surface area (TPSA) is 48.7 Å². The van der Waals surface area contributed by atoms with Crippen LogP contribution >= 0.6 is 22.9 Å². The highest BCUT2D eigenvalue weighted by Crippen LogP contribution is 2.27. The third-order valence-corrected chi connectivity index (χ3v) is 4.25. The molecular formula is C14H14ClN3S. The lowest BCUT2D eigenvalue weighted by molar-refractivity contribution is 0.568. The minimum atomic E-state index is 0.00493. The molecule has 3 nitrogen and oxygen atoms in total. The summed E-state index contributed by atoms with van der Waals surface area (Å²) in [5.74, 6) is 0.633. The number of nitrogens with zero attached hydrogens (tertiary/aromatic N) is 2. The normalized spacial score (nSPS) is 11.1. The SMILES string of the molecule is CC(C)(CNc1cc(C#N)cc(Cl)n1)c1cccs1. The lowest BCUT2D eigenvalue weighted by Gasteiger charge is -2.24. The van der Waals surface area contributed by atoms with Crippen LogP contribution in [-0.4, -0.2) is 11.5 Å². The Morgan fingerprint density at radius 1 is 1.47 bits per heavy atom. The summed E-state index contributed by atoms with van der Waals surface area (Å²) in [4.78, 5) is 5.48. The van der Waals surface area contributed by atoms with Gasteiger partial charge in [0.2, 0.25) is 0 Å². The molecule has 0 amide bonds. The fourth-order valence-corrected chi connectivity index (χ4v) is 2.77. The van der Waals surface area contributed by atoms with Gasteiger partial charge in [-0.1, -0.05) is 31.5 Å². The van der Waals surface area contributed by atoms with Crippen LogP contribution in [0.1, 0.15) is 24.3 Å². The Morgan fingerprint density at radius 3 is 2.89 bits per heavy atom. The second-order valence-electron chi connectivity index (χ2n) is 4.89. The summed E-state index contributed by atoms with van der Waals surface area (Å²) in [6.07, 6.45) is 0. The van der Waals surface area contributed by atoms with Crippen molar-refractivity contribution in [2.24, 2.45) is 0 Å². The lowest BCUT2D eigenvalue weighted by atomic mass is 9.91. The maximum atomic E-state index is 8.90. The molecule has 0 spiro atoms. The van der Waals surface area contributed by atoms with Crippen molar-refractivity contribution in [2.45, 2.75) is 19.3 Å². The van der Waals surface area contributed by atoms with Gasteiger partial charge in [0.1, 0.15) is 11.0 Å². The Balaban J connectivity index is 2.11. The van der Waals surface area contributed by atoms with E-state index in [4.69, 9.17) is 16.9 Å². The van der Waals surface area contributed by atoms with E-state index in [9.17, 15) is 0 Å². The first-order valence-electron chi connectivity index (χ1n) is 5.87. The van der Waals surface area contributed by atoms with E-state index in [-0.39, 0.29) is 5.41 Å². The van der Waals surface area contributed by atoms with Crippen molar-refractivity contribution in [3.05, 3.63) is 45.2 Å². The molecule has 0 aliphatic carbocycles. The van der Waals surface area contributed by atoms with Crippen molar-refractivity contribution in [3.8, 4) is 6.07 Å². The Kier molecular flexibility index (Phi) is 4.08. The van der Waals surface area contributed by atoms with E-state index in [1.54, 1.807) is 23.5 Å². The van der Waals surface area contributed by atoms with E-state index in [2.05, 4.69) is 41.7 Å². The number of halogens is 1. The number of nitriles is 1. The number of nitrogens with one attached hydrogen (secondary N) is 1. The molecule has 19 heavy (non-hydrogen) atoms. The van der Waals surface area contributed by atoms with Gasteiger partial charge in [-0.05, 0) is 23.6 Å². The van der Waals surface area contributed by atoms with Crippen molar-refractivity contribution in [1.29, 1.82) is 5.26 Å². The molecule has 0 atom stereocenters. The van der Waals surface area contributed by atoms with Gasteiger partial charge in [-0.15, -0.1) is 11.3 Å². The van der Waals surface area contributed by atoms with E-state index in [1.807, 2.05) is 6.07 Å². The van der Waals surface area contributed by atoms with Crippen LogP contribution in [0.5, 0.6) is 0 Å². The summed E-state index contributed by atoms with van der Waals surface area (Å²) in [5, 5.41) is 14.6. The van der Waals surface area contributed by atoms with Gasteiger partial charge in [0.15, 0.2) is 0 Å². The highest BCUT2D eigenvalue weighted by atomic mass is 35.5. The Morgan fingerprint density at radius 2 is 2.26 bits per heavy atom. The molecule has 2 heterocycles. The Labute approximate surface area is 121 Å². The van der Waals surface area contributed by atoms with E-state index in [1.165, 1.54) is 4.88 Å². The van der Waals surface area contributed by atoms with Gasteiger partial charge < -0.3 is 5.32 Å². The minimum Gasteiger partial charge on any atom is -0.369 e. The average molecular weight is 292 g/mol. The van der Waals surface area contributed by atoms with Crippen LogP contribution in [0.15, 0.2) is 29.6 Å². The molecule has 2 aromatic heterocycles. The fourth-order valence-electron chi connectivity index (χ4n) is 1.71. The van der Waals surface area contributed by atoms with Crippen LogP contribution in [0.25, 0.3) is 0 Å². The molecule has 0 bridgehead atoms. The monoisotopic (exact) mass is 291 g/mol. The van der Waals surface area contributed by atoms with Crippen LogP contribution in [-0.2, 0) is 5.41 Å². The summed E-state index contributed by atoms with van der Waals surface area (Å²) in [6.45, 7) is 5.06. The largest absolute Gasteiger partial charge is 0.369 e. The summed E-state index contributed by atoms with van der Waals surface area (Å²) < 4.78 is 0. The first kappa shape index (κ1) is 13.9. The third kappa shape index (κ3) is 3.46. The quantitative estimate of drug-likeness (QED) is 0.864. The van der Waals surface area contributed by atoms with Gasteiger partial charge >= 0.3 is 0 Å². The predicted molar refractivity (Wildman–Crippen MR) is 79.8 cm³/mol. The van der Waals surface area contributed by atoms with Crippen LogP contribution in [0.3, 0.4) is 0 Å². The number of anilines is 1. The summed E-state index contributed by atoms with van der Waals surface area (Å²) in [6, 6.07) is 9.50. The highest BCUT2D eigenvalue weighted by molar-refractivity contribution is 7.10. The van der Waals surface area contributed by atoms with Crippen LogP contribution in [0.4, 0.5) is 5.82 Å². The van der Waals surface area contributed by atoms with E-state index < -0.39 is 0 Å². The molecule has 5 heteroatoms. The highest BCUT2D eigenvalue weighted by Gasteiger charge is 2.21. The van der Waals surface area contributed by atoms with Crippen molar-refractivity contribution in [3.63, 3.8) is 0 Å². The summed E-state index contributed by atoms with van der Waals surface area (Å²) in [5.41, 5.74) is 0.516. The molecule has 0 aromatic carbocycles. The smallest absolute Gasteiger partial charge is 0.132 e. The average Bonchev–Trinajstić information content (AvgIpc) is 2.90. The van der Waals surface area contributed by atoms with E-state index >= 15 is 0 Å². The molecule has 0 aliphatic heterocycles. The first-order chi connectivity index (χ1) is 9.01.